The van der Waals surface area contributed by atoms with Gasteiger partial charge in [0.15, 0.2) is 0 Å². The van der Waals surface area contributed by atoms with E-state index in [1.807, 2.05) is 6.92 Å². The predicted molar refractivity (Wildman–Crippen MR) is 39.3 cm³/mol. The van der Waals surface area contributed by atoms with Gasteiger partial charge in [-0.3, -0.25) is 0 Å². The minimum Gasteiger partial charge on any atom is -0.377 e. The topological polar surface area (TPSA) is 35.2 Å². The molecular formula is C7H17NO. The summed E-state index contributed by atoms with van der Waals surface area (Å²) in [6.45, 7) is 6.82. The first-order valence-corrected chi connectivity index (χ1v) is 3.32. The lowest BCUT2D eigenvalue weighted by Gasteiger charge is -2.30. The minimum atomic E-state index is -0.139. The van der Waals surface area contributed by atoms with Crippen molar-refractivity contribution in [2.75, 3.05) is 13.7 Å². The van der Waals surface area contributed by atoms with Crippen LogP contribution in [0.2, 0.25) is 0 Å². The maximum atomic E-state index is 5.49. The van der Waals surface area contributed by atoms with Gasteiger partial charge in [-0.05, 0) is 12.8 Å². The van der Waals surface area contributed by atoms with E-state index < -0.39 is 0 Å². The zero-order valence-electron chi connectivity index (χ0n) is 6.77. The highest BCUT2D eigenvalue weighted by molar-refractivity contribution is 4.78. The van der Waals surface area contributed by atoms with E-state index in [0.717, 1.165) is 0 Å². The van der Waals surface area contributed by atoms with Crippen LogP contribution in [0.25, 0.3) is 0 Å². The third-order valence-corrected chi connectivity index (χ3v) is 2.09. The second kappa shape index (κ2) is 3.18. The van der Waals surface area contributed by atoms with Crippen molar-refractivity contribution in [3.8, 4) is 0 Å². The van der Waals surface area contributed by atoms with Crippen molar-refractivity contribution in [3.63, 3.8) is 0 Å². The van der Waals surface area contributed by atoms with Gasteiger partial charge in [0.1, 0.15) is 0 Å². The van der Waals surface area contributed by atoms with E-state index in [1.165, 1.54) is 0 Å². The Morgan fingerprint density at radius 2 is 2.00 bits per heavy atom. The molecule has 0 aromatic rings. The number of methoxy groups -OCH3 is 1. The van der Waals surface area contributed by atoms with Gasteiger partial charge in [0.25, 0.3) is 0 Å². The maximum Gasteiger partial charge on any atom is 0.0795 e. The zero-order valence-corrected chi connectivity index (χ0v) is 6.77. The smallest absolute Gasteiger partial charge is 0.0795 e. The van der Waals surface area contributed by atoms with Gasteiger partial charge in [-0.15, -0.1) is 0 Å². The Morgan fingerprint density at radius 3 is 2.00 bits per heavy atom. The summed E-state index contributed by atoms with van der Waals surface area (Å²) in [6, 6.07) is 0. The Balaban J connectivity index is 3.92. The fraction of sp³-hybridized carbons (Fsp3) is 1.00. The summed E-state index contributed by atoms with van der Waals surface area (Å²) >= 11 is 0. The largest absolute Gasteiger partial charge is 0.377 e. The van der Waals surface area contributed by atoms with Crippen LogP contribution in [0.15, 0.2) is 0 Å². The van der Waals surface area contributed by atoms with Gasteiger partial charge in [-0.2, -0.15) is 0 Å². The maximum absolute atomic E-state index is 5.49. The molecule has 2 N–H and O–H groups in total. The number of rotatable bonds is 3. The van der Waals surface area contributed by atoms with E-state index >= 15 is 0 Å². The predicted octanol–water partition coefficient (Wildman–Crippen LogP) is 1.01. The van der Waals surface area contributed by atoms with Gasteiger partial charge in [-0.1, -0.05) is 13.8 Å². The second-order valence-corrected chi connectivity index (χ2v) is 2.88. The molecule has 0 spiro atoms. The third-order valence-electron chi connectivity index (χ3n) is 2.09. The summed E-state index contributed by atoms with van der Waals surface area (Å²) < 4.78 is 5.22. The van der Waals surface area contributed by atoms with Crippen molar-refractivity contribution >= 4 is 0 Å². The highest BCUT2D eigenvalue weighted by Crippen LogP contribution is 2.17. The van der Waals surface area contributed by atoms with Crippen LogP contribution in [0.1, 0.15) is 20.8 Å². The molecule has 0 heterocycles. The van der Waals surface area contributed by atoms with Crippen molar-refractivity contribution in [1.29, 1.82) is 0 Å². The van der Waals surface area contributed by atoms with Crippen molar-refractivity contribution in [2.45, 2.75) is 26.4 Å². The molecule has 9 heavy (non-hydrogen) atoms. The van der Waals surface area contributed by atoms with Crippen LogP contribution in [0.3, 0.4) is 0 Å². The number of nitrogens with two attached hydrogens (primary N) is 1. The molecule has 0 saturated carbocycles. The molecule has 0 fully saturated rings. The summed E-state index contributed by atoms with van der Waals surface area (Å²) in [7, 11) is 1.70. The van der Waals surface area contributed by atoms with E-state index in [9.17, 15) is 0 Å². The number of ether oxygens (including phenoxy) is 1. The van der Waals surface area contributed by atoms with Crippen LogP contribution >= 0.6 is 0 Å². The zero-order chi connectivity index (χ0) is 7.49. The van der Waals surface area contributed by atoms with Gasteiger partial charge in [0.2, 0.25) is 0 Å². The highest BCUT2D eigenvalue weighted by Gasteiger charge is 2.25. The average molecular weight is 131 g/mol. The molecule has 0 radical (unpaired) electrons. The summed E-state index contributed by atoms with van der Waals surface area (Å²) in [6.07, 6.45) is 0. The van der Waals surface area contributed by atoms with Crippen molar-refractivity contribution in [1.82, 2.24) is 0 Å². The van der Waals surface area contributed by atoms with E-state index in [-0.39, 0.29) is 5.60 Å². The number of hydrogen-bond acceptors (Lipinski definition) is 2. The molecule has 2 heteroatoms. The molecule has 2 nitrogen and oxygen atoms in total. The van der Waals surface area contributed by atoms with Crippen LogP contribution in [0.5, 0.6) is 0 Å². The molecule has 0 unspecified atom stereocenters. The molecule has 0 amide bonds. The molecule has 0 aromatic heterocycles. The molecule has 0 aliphatic heterocycles. The average Bonchev–Trinajstić information content (AvgIpc) is 1.86. The van der Waals surface area contributed by atoms with Crippen molar-refractivity contribution in [3.05, 3.63) is 0 Å². The SMILES string of the molecule is CO[C@](C)(CN)C(C)C. The van der Waals surface area contributed by atoms with Crippen LogP contribution in [-0.2, 0) is 4.74 Å². The monoisotopic (exact) mass is 131 g/mol. The van der Waals surface area contributed by atoms with Crippen molar-refractivity contribution in [2.24, 2.45) is 11.7 Å². The van der Waals surface area contributed by atoms with Crippen molar-refractivity contribution < 1.29 is 4.74 Å². The molecule has 0 aliphatic carbocycles. The third kappa shape index (κ3) is 1.95. The summed E-state index contributed by atoms with van der Waals surface area (Å²) in [5.74, 6) is 0.479. The summed E-state index contributed by atoms with van der Waals surface area (Å²) in [5.41, 5.74) is 5.35. The molecule has 0 aliphatic rings. The van der Waals surface area contributed by atoms with Crippen LogP contribution in [0, 0.1) is 5.92 Å². The van der Waals surface area contributed by atoms with E-state index in [0.29, 0.717) is 12.5 Å². The molecule has 0 aromatic carbocycles. The molecule has 1 atom stereocenters. The lowest BCUT2D eigenvalue weighted by Crippen LogP contribution is -2.41. The highest BCUT2D eigenvalue weighted by atomic mass is 16.5. The lowest BCUT2D eigenvalue weighted by molar-refractivity contribution is -0.0240. The van der Waals surface area contributed by atoms with Gasteiger partial charge >= 0.3 is 0 Å². The Morgan fingerprint density at radius 1 is 1.56 bits per heavy atom. The lowest BCUT2D eigenvalue weighted by atomic mass is 9.93. The minimum absolute atomic E-state index is 0.139. The molecule has 0 saturated heterocycles. The van der Waals surface area contributed by atoms with Gasteiger partial charge in [0, 0.05) is 13.7 Å². The molecular weight excluding hydrogens is 114 g/mol. The standard InChI is InChI=1S/C7H17NO/c1-6(2)7(3,5-8)9-4/h6H,5,8H2,1-4H3/t7-/m1/s1. The van der Waals surface area contributed by atoms with E-state index in [4.69, 9.17) is 10.5 Å². The Labute approximate surface area is 57.4 Å². The molecule has 0 rings (SSSR count). The van der Waals surface area contributed by atoms with Gasteiger partial charge in [-0.25, -0.2) is 0 Å². The van der Waals surface area contributed by atoms with Crippen LogP contribution < -0.4 is 5.73 Å². The quantitative estimate of drug-likeness (QED) is 0.620. The van der Waals surface area contributed by atoms with Gasteiger partial charge in [0.05, 0.1) is 5.60 Å². The van der Waals surface area contributed by atoms with Crippen LogP contribution in [-0.4, -0.2) is 19.3 Å². The second-order valence-electron chi connectivity index (χ2n) is 2.88. The summed E-state index contributed by atoms with van der Waals surface area (Å²) in [4.78, 5) is 0. The molecule has 56 valence electrons. The summed E-state index contributed by atoms with van der Waals surface area (Å²) in [5, 5.41) is 0. The first-order chi connectivity index (χ1) is 4.06. The van der Waals surface area contributed by atoms with Gasteiger partial charge < -0.3 is 10.5 Å². The fourth-order valence-electron chi connectivity index (χ4n) is 0.555. The Hall–Kier alpha value is -0.0800. The molecule has 0 bridgehead atoms. The first-order valence-electron chi connectivity index (χ1n) is 3.32. The first kappa shape index (κ1) is 8.92. The Bertz CT molecular complexity index is 77.0. The fourth-order valence-corrected chi connectivity index (χ4v) is 0.555. The van der Waals surface area contributed by atoms with E-state index in [1.54, 1.807) is 7.11 Å². The van der Waals surface area contributed by atoms with Crippen LogP contribution in [0.4, 0.5) is 0 Å². The number of hydrogen-bond donors (Lipinski definition) is 1. The Kier molecular flexibility index (Phi) is 3.15. The normalized spacial score (nSPS) is 18.0. The van der Waals surface area contributed by atoms with E-state index in [2.05, 4.69) is 13.8 Å².